The van der Waals surface area contributed by atoms with Gasteiger partial charge in [0.25, 0.3) is 5.56 Å². The minimum absolute atomic E-state index is 0.0416. The van der Waals surface area contributed by atoms with E-state index in [1.807, 2.05) is 57.2 Å². The lowest BCUT2D eigenvalue weighted by Gasteiger charge is -2.15. The highest BCUT2D eigenvalue weighted by Crippen LogP contribution is 2.30. The molecule has 5 nitrogen and oxygen atoms in total. The van der Waals surface area contributed by atoms with Crippen molar-refractivity contribution in [3.63, 3.8) is 0 Å². The number of rotatable bonds is 6. The van der Waals surface area contributed by atoms with Crippen molar-refractivity contribution in [2.24, 2.45) is 0 Å². The van der Waals surface area contributed by atoms with Crippen LogP contribution in [0, 0.1) is 20.8 Å². The van der Waals surface area contributed by atoms with Gasteiger partial charge in [-0.1, -0.05) is 47.7 Å². The van der Waals surface area contributed by atoms with Gasteiger partial charge in [-0.25, -0.2) is 4.98 Å². The summed E-state index contributed by atoms with van der Waals surface area (Å²) >= 11 is 2.88. The average molecular weight is 452 g/mol. The number of hydrogen-bond acceptors (Lipinski definition) is 5. The van der Waals surface area contributed by atoms with Crippen LogP contribution in [0.1, 0.15) is 27.9 Å². The molecule has 1 N–H and O–H groups in total. The van der Waals surface area contributed by atoms with E-state index in [0.717, 1.165) is 45.1 Å². The molecule has 0 bridgehead atoms. The normalized spacial score (nSPS) is 12.6. The number of aromatic nitrogens is 2. The van der Waals surface area contributed by atoms with E-state index in [1.54, 1.807) is 16.3 Å². The molecule has 0 atom stereocenters. The molecule has 4 rings (SSSR count). The fourth-order valence-electron chi connectivity index (χ4n) is 3.58. The van der Waals surface area contributed by atoms with E-state index in [2.05, 4.69) is 11.4 Å². The van der Waals surface area contributed by atoms with Gasteiger partial charge < -0.3 is 5.32 Å². The quantitative estimate of drug-likeness (QED) is 0.449. The van der Waals surface area contributed by atoms with Crippen LogP contribution in [0.15, 0.2) is 57.3 Å². The first-order valence-electron chi connectivity index (χ1n) is 10.2. The maximum Gasteiger partial charge on any atom is 0.272 e. The molecule has 0 unspecified atom stereocenters. The molecule has 1 aromatic heterocycles. The smallest absolute Gasteiger partial charge is 0.272 e. The van der Waals surface area contributed by atoms with Crippen molar-refractivity contribution in [1.29, 1.82) is 0 Å². The summed E-state index contributed by atoms with van der Waals surface area (Å²) in [6.45, 7) is 6.55. The van der Waals surface area contributed by atoms with Gasteiger partial charge in [-0.3, -0.25) is 14.2 Å². The molecule has 1 aliphatic heterocycles. The van der Waals surface area contributed by atoms with Crippen molar-refractivity contribution in [1.82, 2.24) is 14.9 Å². The number of nitrogens with one attached hydrogen (secondary N) is 1. The van der Waals surface area contributed by atoms with Crippen molar-refractivity contribution < 1.29 is 4.79 Å². The predicted octanol–water partition coefficient (Wildman–Crippen LogP) is 4.21. The fraction of sp³-hybridized carbons (Fsp3) is 0.292. The van der Waals surface area contributed by atoms with E-state index in [0.29, 0.717) is 11.7 Å². The first-order chi connectivity index (χ1) is 14.9. The third-order valence-corrected chi connectivity index (χ3v) is 7.12. The Hall–Kier alpha value is -2.51. The zero-order chi connectivity index (χ0) is 22.0. The topological polar surface area (TPSA) is 64.0 Å². The summed E-state index contributed by atoms with van der Waals surface area (Å²) in [7, 11) is 0. The molecule has 0 saturated heterocycles. The first-order valence-corrected chi connectivity index (χ1v) is 12.2. The zero-order valence-corrected chi connectivity index (χ0v) is 19.5. The maximum atomic E-state index is 13.3. The first kappa shape index (κ1) is 21.7. The van der Waals surface area contributed by atoms with Crippen molar-refractivity contribution in [2.45, 2.75) is 43.8 Å². The van der Waals surface area contributed by atoms with Crippen molar-refractivity contribution in [3.8, 4) is 5.69 Å². The van der Waals surface area contributed by atoms with Gasteiger partial charge in [0.05, 0.1) is 22.0 Å². The van der Waals surface area contributed by atoms with E-state index in [-0.39, 0.29) is 17.2 Å². The summed E-state index contributed by atoms with van der Waals surface area (Å²) in [6, 6.07) is 14.2. The molecule has 0 saturated carbocycles. The third kappa shape index (κ3) is 5.05. The largest absolute Gasteiger partial charge is 0.351 e. The van der Waals surface area contributed by atoms with Crippen LogP contribution in [0.25, 0.3) is 5.69 Å². The Balaban J connectivity index is 1.56. The molecule has 31 heavy (non-hydrogen) atoms. The lowest BCUT2D eigenvalue weighted by Crippen LogP contribution is -2.27. The van der Waals surface area contributed by atoms with Crippen LogP contribution in [-0.2, 0) is 17.8 Å². The van der Waals surface area contributed by atoms with E-state index in [1.165, 1.54) is 17.3 Å². The Bertz CT molecular complexity index is 1170. The van der Waals surface area contributed by atoms with Crippen molar-refractivity contribution in [3.05, 3.63) is 80.8 Å². The molecule has 0 fully saturated rings. The molecule has 0 spiro atoms. The van der Waals surface area contributed by atoms with Gasteiger partial charge in [-0.15, -0.1) is 11.8 Å². The lowest BCUT2D eigenvalue weighted by molar-refractivity contribution is -0.118. The standard InChI is InChI=1S/C24H25N3O2S2/c1-15-4-6-18(7-5-15)13-25-21(28)14-31-24-26-20-8-9-30-22(20)23(29)27(24)19-11-16(2)10-17(3)12-19/h4-7,10-12H,8-9,13-14H2,1-3H3,(H,25,28). The molecule has 2 heterocycles. The van der Waals surface area contributed by atoms with Crippen LogP contribution in [-0.4, -0.2) is 27.0 Å². The summed E-state index contributed by atoms with van der Waals surface area (Å²) < 4.78 is 1.66. The maximum absolute atomic E-state index is 13.3. The second-order valence-electron chi connectivity index (χ2n) is 7.81. The van der Waals surface area contributed by atoms with Gasteiger partial charge in [0.2, 0.25) is 5.91 Å². The molecule has 3 aromatic rings. The second kappa shape index (κ2) is 9.32. The minimum Gasteiger partial charge on any atom is -0.351 e. The summed E-state index contributed by atoms with van der Waals surface area (Å²) in [5, 5.41) is 3.53. The van der Waals surface area contributed by atoms with Gasteiger partial charge in [0, 0.05) is 18.7 Å². The lowest BCUT2D eigenvalue weighted by atomic mass is 10.1. The minimum atomic E-state index is -0.0818. The highest BCUT2D eigenvalue weighted by atomic mass is 32.2. The summed E-state index contributed by atoms with van der Waals surface area (Å²) in [6.07, 6.45) is 0.788. The number of carbonyl (C=O) groups excluding carboxylic acids is 1. The molecule has 0 aliphatic carbocycles. The number of thioether (sulfide) groups is 2. The highest BCUT2D eigenvalue weighted by Gasteiger charge is 2.23. The number of nitrogens with zero attached hydrogens (tertiary/aromatic N) is 2. The summed E-state index contributed by atoms with van der Waals surface area (Å²) in [5.41, 5.74) is 6.02. The van der Waals surface area contributed by atoms with Crippen LogP contribution >= 0.6 is 23.5 Å². The van der Waals surface area contributed by atoms with Crippen LogP contribution in [0.3, 0.4) is 0 Å². The molecular formula is C24H25N3O2S2. The number of benzene rings is 2. The van der Waals surface area contributed by atoms with Crippen molar-refractivity contribution in [2.75, 3.05) is 11.5 Å². The number of fused-ring (bicyclic) bond motifs is 1. The van der Waals surface area contributed by atoms with Crippen molar-refractivity contribution >= 4 is 29.4 Å². The number of amides is 1. The zero-order valence-electron chi connectivity index (χ0n) is 17.9. The predicted molar refractivity (Wildman–Crippen MR) is 127 cm³/mol. The monoisotopic (exact) mass is 451 g/mol. The van der Waals surface area contributed by atoms with Gasteiger partial charge in [0.15, 0.2) is 5.16 Å². The average Bonchev–Trinajstić information content (AvgIpc) is 3.20. The Labute approximate surface area is 190 Å². The molecule has 2 aromatic carbocycles. The van der Waals surface area contributed by atoms with Crippen LogP contribution in [0.5, 0.6) is 0 Å². The van der Waals surface area contributed by atoms with E-state index < -0.39 is 0 Å². The SMILES string of the molecule is Cc1ccc(CNC(=O)CSc2nc3c(c(=O)n2-c2cc(C)cc(C)c2)SCC3)cc1. The Kier molecular flexibility index (Phi) is 6.53. The fourth-order valence-corrected chi connectivity index (χ4v) is 5.47. The Morgan fingerprint density at radius 1 is 1.10 bits per heavy atom. The molecule has 1 amide bonds. The Morgan fingerprint density at radius 3 is 2.52 bits per heavy atom. The number of carbonyl (C=O) groups is 1. The highest BCUT2D eigenvalue weighted by molar-refractivity contribution is 8.00. The van der Waals surface area contributed by atoms with Gasteiger partial charge in [-0.05, 0) is 49.6 Å². The van der Waals surface area contributed by atoms with Crippen LogP contribution in [0.2, 0.25) is 0 Å². The molecule has 160 valence electrons. The Morgan fingerprint density at radius 2 is 1.81 bits per heavy atom. The van der Waals surface area contributed by atoms with E-state index >= 15 is 0 Å². The van der Waals surface area contributed by atoms with Gasteiger partial charge in [-0.2, -0.15) is 0 Å². The number of hydrogen-bond donors (Lipinski definition) is 1. The second-order valence-corrected chi connectivity index (χ2v) is 9.85. The van der Waals surface area contributed by atoms with E-state index in [9.17, 15) is 9.59 Å². The summed E-state index contributed by atoms with van der Waals surface area (Å²) in [5.74, 6) is 0.992. The number of aryl methyl sites for hydroxylation is 4. The molecule has 1 aliphatic rings. The van der Waals surface area contributed by atoms with Gasteiger partial charge >= 0.3 is 0 Å². The van der Waals surface area contributed by atoms with Crippen LogP contribution < -0.4 is 10.9 Å². The van der Waals surface area contributed by atoms with Gasteiger partial charge in [0.1, 0.15) is 0 Å². The molecular weight excluding hydrogens is 426 g/mol. The van der Waals surface area contributed by atoms with Crippen LogP contribution in [0.4, 0.5) is 0 Å². The molecule has 0 radical (unpaired) electrons. The summed E-state index contributed by atoms with van der Waals surface area (Å²) in [4.78, 5) is 31.3. The van der Waals surface area contributed by atoms with E-state index in [4.69, 9.17) is 4.98 Å². The third-order valence-electron chi connectivity index (χ3n) is 5.07. The molecule has 7 heteroatoms.